The van der Waals surface area contributed by atoms with Crippen LogP contribution in [-0.2, 0) is 0 Å². The number of fused-ring (bicyclic) bond motifs is 1. The van der Waals surface area contributed by atoms with E-state index in [0.29, 0.717) is 33.9 Å². The lowest BCUT2D eigenvalue weighted by Gasteiger charge is -2.31. The van der Waals surface area contributed by atoms with Crippen LogP contribution in [0.1, 0.15) is 63.2 Å². The van der Waals surface area contributed by atoms with E-state index in [0.717, 1.165) is 30.4 Å². The van der Waals surface area contributed by atoms with Crippen LogP contribution < -0.4 is 5.32 Å². The molecule has 1 saturated carbocycles. The fraction of sp³-hybridized carbons (Fsp3) is 0.423. The van der Waals surface area contributed by atoms with E-state index >= 15 is 0 Å². The Hall–Kier alpha value is -2.37. The third kappa shape index (κ3) is 5.25. The van der Waals surface area contributed by atoms with E-state index in [1.807, 2.05) is 12.1 Å². The highest BCUT2D eigenvalue weighted by molar-refractivity contribution is 6.37. The van der Waals surface area contributed by atoms with Crippen LogP contribution in [0.25, 0.3) is 22.3 Å². The first-order valence-electron chi connectivity index (χ1n) is 11.5. The van der Waals surface area contributed by atoms with E-state index in [9.17, 15) is 9.90 Å². The fourth-order valence-electron chi connectivity index (χ4n) is 4.77. The van der Waals surface area contributed by atoms with Crippen LogP contribution in [0.3, 0.4) is 0 Å². The van der Waals surface area contributed by atoms with Crippen molar-refractivity contribution >= 4 is 45.7 Å². The molecular formula is C26H29Cl2N3O2. The quantitative estimate of drug-likeness (QED) is 0.352. The summed E-state index contributed by atoms with van der Waals surface area (Å²) in [5, 5.41) is 13.9. The van der Waals surface area contributed by atoms with E-state index in [-0.39, 0.29) is 21.6 Å². The first kappa shape index (κ1) is 23.8. The highest BCUT2D eigenvalue weighted by Crippen LogP contribution is 2.37. The molecule has 0 bridgehead atoms. The van der Waals surface area contributed by atoms with Crippen molar-refractivity contribution in [3.8, 4) is 17.0 Å². The van der Waals surface area contributed by atoms with Crippen LogP contribution >= 0.6 is 23.2 Å². The molecule has 0 saturated heterocycles. The number of carbonyl (C=O) groups is 1. The van der Waals surface area contributed by atoms with Gasteiger partial charge in [0.2, 0.25) is 0 Å². The number of nitrogens with one attached hydrogen (secondary N) is 1. The van der Waals surface area contributed by atoms with Gasteiger partial charge in [0.15, 0.2) is 11.5 Å². The number of rotatable bonds is 6. The van der Waals surface area contributed by atoms with Crippen LogP contribution in [0.4, 0.5) is 5.69 Å². The zero-order chi connectivity index (χ0) is 23.7. The molecule has 1 aromatic carbocycles. The zero-order valence-corrected chi connectivity index (χ0v) is 20.7. The Kier molecular flexibility index (Phi) is 7.10. The number of pyridine rings is 2. The number of Topliss-reactive ketones (excluding diaryl/α,β-unsaturated/α-hetero) is 1. The van der Waals surface area contributed by atoms with Crippen molar-refractivity contribution in [1.29, 1.82) is 0 Å². The number of carbonyl (C=O) groups excluding carboxylic acids is 1. The second kappa shape index (κ2) is 9.86. The number of phenols is 1. The minimum atomic E-state index is -0.154. The molecule has 5 nitrogen and oxygen atoms in total. The van der Waals surface area contributed by atoms with Crippen molar-refractivity contribution in [2.24, 2.45) is 11.8 Å². The molecule has 0 amide bonds. The third-order valence-corrected chi connectivity index (χ3v) is 6.98. The molecule has 2 N–H and O–H groups in total. The predicted octanol–water partition coefficient (Wildman–Crippen LogP) is 7.53. The first-order valence-corrected chi connectivity index (χ1v) is 12.2. The van der Waals surface area contributed by atoms with Gasteiger partial charge in [0.1, 0.15) is 5.52 Å². The van der Waals surface area contributed by atoms with Gasteiger partial charge in [-0.05, 0) is 75.1 Å². The summed E-state index contributed by atoms with van der Waals surface area (Å²) >= 11 is 12.3. The summed E-state index contributed by atoms with van der Waals surface area (Å²) in [4.78, 5) is 21.7. The van der Waals surface area contributed by atoms with Crippen LogP contribution in [0.2, 0.25) is 10.0 Å². The Morgan fingerprint density at radius 3 is 2.42 bits per heavy atom. The van der Waals surface area contributed by atoms with Gasteiger partial charge in [-0.3, -0.25) is 9.78 Å². The molecule has 4 rings (SSSR count). The summed E-state index contributed by atoms with van der Waals surface area (Å²) in [5.41, 5.74) is 3.94. The topological polar surface area (TPSA) is 75.1 Å². The van der Waals surface area contributed by atoms with Gasteiger partial charge >= 0.3 is 0 Å². The third-order valence-electron chi connectivity index (χ3n) is 6.40. The standard InChI is InChI=1S/C26H29Cl2N3O2/c1-14(2)10-16-4-6-18(7-5-16)30-24-19(15(3)32)13-29-23-9-8-22(31-25(23)24)17-11-20(27)26(33)21(28)12-17/h8-9,11-14,16,18,33H,4-7,10H2,1-3H3,(H,29,30). The van der Waals surface area contributed by atoms with E-state index in [2.05, 4.69) is 24.1 Å². The Balaban J connectivity index is 1.71. The minimum absolute atomic E-state index is 0.0525. The smallest absolute Gasteiger partial charge is 0.163 e. The normalized spacial score (nSPS) is 18.6. The van der Waals surface area contributed by atoms with Gasteiger partial charge in [0.05, 0.1) is 32.5 Å². The number of anilines is 1. The van der Waals surface area contributed by atoms with Crippen LogP contribution in [0.15, 0.2) is 30.5 Å². The molecule has 1 aliphatic rings. The second-order valence-electron chi connectivity index (χ2n) is 9.45. The number of hydrogen-bond acceptors (Lipinski definition) is 5. The van der Waals surface area contributed by atoms with Crippen molar-refractivity contribution in [2.45, 2.75) is 58.9 Å². The Morgan fingerprint density at radius 1 is 1.15 bits per heavy atom. The van der Waals surface area contributed by atoms with E-state index in [4.69, 9.17) is 28.2 Å². The number of ketones is 1. The molecular weight excluding hydrogens is 457 g/mol. The average molecular weight is 486 g/mol. The summed E-state index contributed by atoms with van der Waals surface area (Å²) in [6, 6.07) is 7.26. The van der Waals surface area contributed by atoms with Crippen LogP contribution in [-0.4, -0.2) is 26.9 Å². The summed E-state index contributed by atoms with van der Waals surface area (Å²) in [5.74, 6) is 1.29. The number of nitrogens with zero attached hydrogens (tertiary/aromatic N) is 2. The Bertz CT molecular complexity index is 1160. The van der Waals surface area contributed by atoms with Crippen molar-refractivity contribution in [2.75, 3.05) is 5.32 Å². The van der Waals surface area contributed by atoms with E-state index < -0.39 is 0 Å². The van der Waals surface area contributed by atoms with Crippen LogP contribution in [0, 0.1) is 11.8 Å². The summed E-state index contributed by atoms with van der Waals surface area (Å²) in [6.07, 6.45) is 7.43. The molecule has 1 aliphatic carbocycles. The van der Waals surface area contributed by atoms with Crippen molar-refractivity contribution in [3.63, 3.8) is 0 Å². The Labute approximate surface area is 204 Å². The van der Waals surface area contributed by atoms with Gasteiger partial charge in [0, 0.05) is 17.8 Å². The number of halogens is 2. The van der Waals surface area contributed by atoms with Crippen molar-refractivity contribution < 1.29 is 9.90 Å². The van der Waals surface area contributed by atoms with Gasteiger partial charge in [-0.15, -0.1) is 0 Å². The molecule has 2 heterocycles. The fourth-order valence-corrected chi connectivity index (χ4v) is 5.25. The second-order valence-corrected chi connectivity index (χ2v) is 10.3. The predicted molar refractivity (Wildman–Crippen MR) is 135 cm³/mol. The van der Waals surface area contributed by atoms with Gasteiger partial charge in [-0.25, -0.2) is 4.98 Å². The molecule has 0 aliphatic heterocycles. The molecule has 2 aromatic heterocycles. The molecule has 7 heteroatoms. The first-order chi connectivity index (χ1) is 15.7. The van der Waals surface area contributed by atoms with Crippen molar-refractivity contribution in [3.05, 3.63) is 46.1 Å². The largest absolute Gasteiger partial charge is 0.505 e. The zero-order valence-electron chi connectivity index (χ0n) is 19.2. The molecule has 33 heavy (non-hydrogen) atoms. The lowest BCUT2D eigenvalue weighted by atomic mass is 9.81. The highest BCUT2D eigenvalue weighted by atomic mass is 35.5. The SMILES string of the molecule is CC(=O)c1cnc2ccc(-c3cc(Cl)c(O)c(Cl)c3)nc2c1NC1CCC(CC(C)C)CC1. The molecule has 0 unspecified atom stereocenters. The van der Waals surface area contributed by atoms with Gasteiger partial charge < -0.3 is 10.4 Å². The number of aromatic hydroxyl groups is 1. The maximum Gasteiger partial charge on any atom is 0.163 e. The highest BCUT2D eigenvalue weighted by Gasteiger charge is 2.24. The van der Waals surface area contributed by atoms with Crippen molar-refractivity contribution in [1.82, 2.24) is 9.97 Å². The molecule has 0 spiro atoms. The lowest BCUT2D eigenvalue weighted by molar-refractivity contribution is 0.101. The average Bonchev–Trinajstić information content (AvgIpc) is 2.77. The van der Waals surface area contributed by atoms with E-state index in [1.54, 1.807) is 25.3 Å². The molecule has 0 atom stereocenters. The summed E-state index contributed by atoms with van der Waals surface area (Å²) in [7, 11) is 0. The number of hydrogen-bond donors (Lipinski definition) is 2. The molecule has 1 fully saturated rings. The molecule has 0 radical (unpaired) electrons. The maximum atomic E-state index is 12.4. The molecule has 3 aromatic rings. The van der Waals surface area contributed by atoms with Gasteiger partial charge in [0.25, 0.3) is 0 Å². The lowest BCUT2D eigenvalue weighted by Crippen LogP contribution is -2.27. The van der Waals surface area contributed by atoms with E-state index in [1.165, 1.54) is 19.3 Å². The summed E-state index contributed by atoms with van der Waals surface area (Å²) in [6.45, 7) is 6.12. The summed E-state index contributed by atoms with van der Waals surface area (Å²) < 4.78 is 0. The monoisotopic (exact) mass is 485 g/mol. The number of benzene rings is 1. The Morgan fingerprint density at radius 2 is 1.82 bits per heavy atom. The van der Waals surface area contributed by atoms with Crippen LogP contribution in [0.5, 0.6) is 5.75 Å². The minimum Gasteiger partial charge on any atom is -0.505 e. The number of phenolic OH excluding ortho intramolecular Hbond substituents is 1. The maximum absolute atomic E-state index is 12.4. The van der Waals surface area contributed by atoms with Gasteiger partial charge in [-0.1, -0.05) is 37.0 Å². The number of aromatic nitrogens is 2. The molecule has 174 valence electrons. The van der Waals surface area contributed by atoms with Gasteiger partial charge in [-0.2, -0.15) is 0 Å².